The Morgan fingerprint density at radius 1 is 1.20 bits per heavy atom. The fourth-order valence-electron chi connectivity index (χ4n) is 2.79. The van der Waals surface area contributed by atoms with Gasteiger partial charge in [-0.25, -0.2) is 23.5 Å². The number of hydrogen-bond donors (Lipinski definition) is 1. The lowest BCUT2D eigenvalue weighted by Gasteiger charge is -2.15. The number of esters is 1. The second kappa shape index (κ2) is 12.4. The molecule has 1 atom stereocenters. The number of benzene rings is 2. The summed E-state index contributed by atoms with van der Waals surface area (Å²) in [6.07, 6.45) is 0.686. The van der Waals surface area contributed by atoms with Gasteiger partial charge in [-0.1, -0.05) is 12.1 Å². The molecule has 0 spiro atoms. The second-order valence-corrected chi connectivity index (χ2v) is 9.37. The first-order valence-corrected chi connectivity index (χ1v) is 12.3. The molecular weight excluding hydrogens is 472 g/mol. The number of nitrogens with zero attached hydrogens (tertiary/aromatic N) is 3. The third kappa shape index (κ3) is 7.75. The van der Waals surface area contributed by atoms with Gasteiger partial charge in [0.25, 0.3) is 0 Å². The van der Waals surface area contributed by atoms with Gasteiger partial charge >= 0.3 is 12.1 Å². The molecule has 2 aromatic rings. The summed E-state index contributed by atoms with van der Waals surface area (Å²) in [5, 5.41) is 9.52. The number of ether oxygens (including phenoxy) is 3. The second-order valence-electron chi connectivity index (χ2n) is 7.34. The molecule has 10 nitrogen and oxygen atoms in total. The van der Waals surface area contributed by atoms with Gasteiger partial charge in [0.15, 0.2) is 0 Å². The molecule has 0 aliphatic rings. The maximum Gasteiger partial charge on any atom is 0.418 e. The highest BCUT2D eigenvalue weighted by atomic mass is 32.2. The van der Waals surface area contributed by atoms with E-state index in [0.29, 0.717) is 11.3 Å². The minimum Gasteiger partial charge on any atom is -0.488 e. The number of carbonyl (C=O) groups is 2. The van der Waals surface area contributed by atoms with E-state index in [2.05, 4.69) is 15.6 Å². The van der Waals surface area contributed by atoms with Gasteiger partial charge in [-0.05, 0) is 43.5 Å². The summed E-state index contributed by atoms with van der Waals surface area (Å²) in [6.45, 7) is 3.56. The summed E-state index contributed by atoms with van der Waals surface area (Å²) in [4.78, 5) is 30.5. The van der Waals surface area contributed by atoms with Crippen molar-refractivity contribution < 1.29 is 28.0 Å². The van der Waals surface area contributed by atoms with Crippen LogP contribution in [0.4, 0.5) is 10.5 Å². The van der Waals surface area contributed by atoms with Crippen molar-refractivity contribution in [3.05, 3.63) is 53.1 Å². The van der Waals surface area contributed by atoms with Gasteiger partial charge in [-0.15, -0.1) is 0 Å². The maximum absolute atomic E-state index is 12.9. The van der Waals surface area contributed by atoms with Crippen molar-refractivity contribution in [3.63, 3.8) is 0 Å². The average molecular weight is 501 g/mol. The number of hydrogen-bond acceptors (Lipinski definition) is 8. The number of rotatable bonds is 10. The van der Waals surface area contributed by atoms with Crippen molar-refractivity contribution in [3.8, 4) is 11.8 Å². The van der Waals surface area contributed by atoms with Crippen molar-refractivity contribution >= 4 is 39.7 Å². The molecular formula is C24H28N4O6S. The number of nitriles is 1. The van der Waals surface area contributed by atoms with E-state index in [0.717, 1.165) is 0 Å². The molecule has 0 heterocycles. The Hall–Kier alpha value is -4.04. The van der Waals surface area contributed by atoms with E-state index in [9.17, 15) is 19.1 Å². The molecule has 0 aromatic heterocycles. The molecule has 0 saturated heterocycles. The molecule has 0 saturated carbocycles. The van der Waals surface area contributed by atoms with Gasteiger partial charge in [0.2, 0.25) is 0 Å². The van der Waals surface area contributed by atoms with Crippen LogP contribution in [0.25, 0.3) is 0 Å². The number of carbonyl (C=O) groups excluding carboxylic acids is 2. The number of nitrogens with one attached hydrogen (secondary N) is 1. The fourth-order valence-corrected chi connectivity index (χ4v) is 3.87. The minimum absolute atomic E-state index is 0.0160. The molecule has 0 radical (unpaired) electrons. The molecule has 2 aromatic carbocycles. The Kier molecular flexibility index (Phi) is 9.66. The van der Waals surface area contributed by atoms with E-state index in [1.807, 2.05) is 6.07 Å². The van der Waals surface area contributed by atoms with Crippen molar-refractivity contribution in [2.45, 2.75) is 25.3 Å². The van der Waals surface area contributed by atoms with Gasteiger partial charge in [0.05, 0.1) is 45.4 Å². The largest absolute Gasteiger partial charge is 0.488 e. The van der Waals surface area contributed by atoms with E-state index in [-0.39, 0.29) is 41.6 Å². The van der Waals surface area contributed by atoms with Crippen LogP contribution >= 0.6 is 0 Å². The van der Waals surface area contributed by atoms with Gasteiger partial charge in [-0.2, -0.15) is 5.26 Å². The maximum atomic E-state index is 12.9. The Morgan fingerprint density at radius 2 is 1.91 bits per heavy atom. The standard InChI is InChI=1S/C24H28N4O6S/c1-6-32-23(29)20-12-18(14-25)21(26-16-28(3)4)13-22(20)34-15-17-9-8-10-19(11-17)35(5,31)27-24(30)33-7-2/h8-13,16H,5-7,15H2,1-4H3,(H,27,30,31). The van der Waals surface area contributed by atoms with Crippen molar-refractivity contribution in [2.75, 3.05) is 27.3 Å². The first-order valence-electron chi connectivity index (χ1n) is 10.6. The topological polar surface area (TPSA) is 130 Å². The fraction of sp³-hybridized carbons (Fsp3) is 0.292. The molecule has 1 unspecified atom stereocenters. The van der Waals surface area contributed by atoms with Crippen LogP contribution in [0.5, 0.6) is 5.75 Å². The molecule has 0 aliphatic heterocycles. The zero-order valence-electron chi connectivity index (χ0n) is 20.1. The normalized spacial score (nSPS) is 12.3. The molecule has 35 heavy (non-hydrogen) atoms. The highest BCUT2D eigenvalue weighted by Gasteiger charge is 2.19. The molecule has 1 N–H and O–H groups in total. The van der Waals surface area contributed by atoms with Crippen LogP contribution in [-0.4, -0.2) is 60.7 Å². The van der Waals surface area contributed by atoms with Crippen molar-refractivity contribution in [2.24, 2.45) is 4.99 Å². The van der Waals surface area contributed by atoms with Crippen LogP contribution in [0.2, 0.25) is 0 Å². The highest BCUT2D eigenvalue weighted by Crippen LogP contribution is 2.30. The quantitative estimate of drug-likeness (QED) is 0.228. The lowest BCUT2D eigenvalue weighted by molar-refractivity contribution is 0.0521. The zero-order valence-corrected chi connectivity index (χ0v) is 20.9. The average Bonchev–Trinajstić information content (AvgIpc) is 2.81. The van der Waals surface area contributed by atoms with Crippen LogP contribution in [0.15, 0.2) is 46.3 Å². The smallest absolute Gasteiger partial charge is 0.418 e. The molecule has 0 bridgehead atoms. The monoisotopic (exact) mass is 500 g/mol. The zero-order chi connectivity index (χ0) is 26.0. The number of amides is 1. The van der Waals surface area contributed by atoms with Gasteiger partial charge in [0, 0.05) is 20.2 Å². The predicted molar refractivity (Wildman–Crippen MR) is 133 cm³/mol. The molecule has 11 heteroatoms. The predicted octanol–water partition coefficient (Wildman–Crippen LogP) is 3.27. The van der Waals surface area contributed by atoms with E-state index in [1.165, 1.54) is 18.5 Å². The summed E-state index contributed by atoms with van der Waals surface area (Å²) in [5.74, 6) is 3.13. The van der Waals surface area contributed by atoms with Crippen LogP contribution in [0.1, 0.15) is 35.3 Å². The highest BCUT2D eigenvalue weighted by molar-refractivity contribution is 7.99. The SMILES string of the molecule is C=S(=O)(NC(=O)OCC)c1cccc(COc2cc(N=CN(C)C)c(C#N)cc2C(=O)OCC)c1. The Labute approximate surface area is 205 Å². The van der Waals surface area contributed by atoms with Crippen LogP contribution in [0.3, 0.4) is 0 Å². The Morgan fingerprint density at radius 3 is 2.54 bits per heavy atom. The molecule has 1 amide bonds. The first-order chi connectivity index (χ1) is 16.6. The van der Waals surface area contributed by atoms with E-state index in [1.54, 1.807) is 57.1 Å². The summed E-state index contributed by atoms with van der Waals surface area (Å²) in [6, 6.07) is 11.4. The lowest BCUT2D eigenvalue weighted by Crippen LogP contribution is -2.31. The molecule has 0 aliphatic carbocycles. The van der Waals surface area contributed by atoms with E-state index >= 15 is 0 Å². The van der Waals surface area contributed by atoms with E-state index in [4.69, 9.17) is 14.2 Å². The summed E-state index contributed by atoms with van der Waals surface area (Å²) >= 11 is 0. The lowest BCUT2D eigenvalue weighted by atomic mass is 10.1. The van der Waals surface area contributed by atoms with Crippen molar-refractivity contribution in [1.82, 2.24) is 9.62 Å². The van der Waals surface area contributed by atoms with Crippen LogP contribution in [0, 0.1) is 11.3 Å². The summed E-state index contributed by atoms with van der Waals surface area (Å²) in [5.41, 5.74) is 1.18. The van der Waals surface area contributed by atoms with Gasteiger partial charge in [-0.3, -0.25) is 0 Å². The number of aliphatic imine (C=N–C) groups is 1. The summed E-state index contributed by atoms with van der Waals surface area (Å²) < 4.78 is 30.9. The molecule has 0 fully saturated rings. The van der Waals surface area contributed by atoms with Gasteiger partial charge in [0.1, 0.15) is 24.0 Å². The minimum atomic E-state index is -3.16. The third-order valence-corrected chi connectivity index (χ3v) is 5.85. The van der Waals surface area contributed by atoms with Crippen molar-refractivity contribution in [1.29, 1.82) is 5.26 Å². The molecule has 186 valence electrons. The van der Waals surface area contributed by atoms with Gasteiger partial charge < -0.3 is 19.1 Å². The third-order valence-electron chi connectivity index (χ3n) is 4.34. The Bertz CT molecular complexity index is 1250. The molecule has 2 rings (SSSR count). The first kappa shape index (κ1) is 27.2. The Balaban J connectivity index is 2.38. The van der Waals surface area contributed by atoms with Crippen LogP contribution in [-0.2, 0) is 25.8 Å². The van der Waals surface area contributed by atoms with Crippen LogP contribution < -0.4 is 9.46 Å². The summed E-state index contributed by atoms with van der Waals surface area (Å²) in [7, 11) is 0.403. The van der Waals surface area contributed by atoms with E-state index < -0.39 is 21.8 Å².